The summed E-state index contributed by atoms with van der Waals surface area (Å²) in [4.78, 5) is 43.1. The normalized spacial score (nSPS) is 22.8. The van der Waals surface area contributed by atoms with E-state index in [1.807, 2.05) is 57.2 Å². The summed E-state index contributed by atoms with van der Waals surface area (Å²) in [5, 5.41) is 2.90. The predicted octanol–water partition coefficient (Wildman–Crippen LogP) is 4.45. The fourth-order valence-electron chi connectivity index (χ4n) is 5.66. The number of allylic oxidation sites excluding steroid dienone is 1. The monoisotopic (exact) mass is 535 g/mol. The number of esters is 1. The van der Waals surface area contributed by atoms with E-state index in [1.165, 1.54) is 7.11 Å². The lowest BCUT2D eigenvalue weighted by Crippen LogP contribution is -2.54. The molecule has 2 aromatic rings. The Morgan fingerprint density at radius 2 is 1.89 bits per heavy atom. The van der Waals surface area contributed by atoms with Crippen LogP contribution in [0.25, 0.3) is 0 Å². The van der Waals surface area contributed by atoms with E-state index >= 15 is 0 Å². The molecule has 180 valence electrons. The highest BCUT2D eigenvalue weighted by Gasteiger charge is 2.62. The zero-order chi connectivity index (χ0) is 25.3. The molecule has 0 aromatic heterocycles. The van der Waals surface area contributed by atoms with Crippen molar-refractivity contribution in [2.75, 3.05) is 17.3 Å². The van der Waals surface area contributed by atoms with Crippen molar-refractivity contribution in [3.8, 4) is 0 Å². The molecule has 1 spiro atoms. The number of nitrogens with two attached hydrogens (primary N) is 1. The molecule has 3 N–H and O–H groups in total. The smallest absolute Gasteiger partial charge is 0.339 e. The third kappa shape index (κ3) is 3.26. The van der Waals surface area contributed by atoms with Crippen molar-refractivity contribution in [2.45, 2.75) is 39.0 Å². The number of ketones is 1. The lowest BCUT2D eigenvalue weighted by molar-refractivity contribution is -0.138. The highest BCUT2D eigenvalue weighted by atomic mass is 79.9. The molecule has 5 rings (SSSR count). The second-order valence-electron chi connectivity index (χ2n) is 10.1. The van der Waals surface area contributed by atoms with E-state index in [0.717, 1.165) is 10.0 Å². The highest BCUT2D eigenvalue weighted by molar-refractivity contribution is 9.10. The van der Waals surface area contributed by atoms with Gasteiger partial charge in [-0.15, -0.1) is 0 Å². The van der Waals surface area contributed by atoms with Gasteiger partial charge < -0.3 is 15.8 Å². The van der Waals surface area contributed by atoms with E-state index in [2.05, 4.69) is 21.2 Å². The van der Waals surface area contributed by atoms with E-state index in [4.69, 9.17) is 10.5 Å². The number of carbonyl (C=O) groups is 3. The summed E-state index contributed by atoms with van der Waals surface area (Å²) in [6.45, 7) is 5.94. The number of nitrogens with one attached hydrogen (secondary N) is 1. The second-order valence-corrected chi connectivity index (χ2v) is 11.0. The number of halogens is 1. The van der Waals surface area contributed by atoms with Gasteiger partial charge in [0.2, 0.25) is 5.91 Å². The zero-order valence-electron chi connectivity index (χ0n) is 20.0. The number of amides is 1. The molecule has 0 radical (unpaired) electrons. The first-order valence-electron chi connectivity index (χ1n) is 11.3. The van der Waals surface area contributed by atoms with Gasteiger partial charge in [0, 0.05) is 39.1 Å². The molecule has 1 unspecified atom stereocenters. The number of fused-ring (bicyclic) bond motifs is 3. The van der Waals surface area contributed by atoms with Gasteiger partial charge in [-0.1, -0.05) is 53.5 Å². The summed E-state index contributed by atoms with van der Waals surface area (Å²) in [7, 11) is 1.25. The number of ether oxygens (including phenoxy) is 1. The third-order valence-corrected chi connectivity index (χ3v) is 7.49. The Morgan fingerprint density at radius 3 is 2.57 bits per heavy atom. The Balaban J connectivity index is 1.94. The molecule has 3 aliphatic rings. The van der Waals surface area contributed by atoms with Gasteiger partial charge in [-0.05, 0) is 43.0 Å². The predicted molar refractivity (Wildman–Crippen MR) is 136 cm³/mol. The number of hydrogen-bond acceptors (Lipinski definition) is 6. The van der Waals surface area contributed by atoms with Gasteiger partial charge in [0.1, 0.15) is 16.8 Å². The second kappa shape index (κ2) is 7.81. The van der Waals surface area contributed by atoms with Crippen LogP contribution in [0.5, 0.6) is 0 Å². The molecule has 7 nitrogen and oxygen atoms in total. The first kappa shape index (κ1) is 23.4. The van der Waals surface area contributed by atoms with Crippen LogP contribution in [0, 0.1) is 12.3 Å². The van der Waals surface area contributed by atoms with Gasteiger partial charge in [0.15, 0.2) is 5.78 Å². The molecule has 2 heterocycles. The largest absolute Gasteiger partial charge is 0.466 e. The number of nitrogens with zero attached hydrogens (tertiary/aromatic N) is 1. The Labute approximate surface area is 212 Å². The molecule has 1 atom stereocenters. The maximum absolute atomic E-state index is 14.0. The van der Waals surface area contributed by atoms with E-state index in [1.54, 1.807) is 11.0 Å². The molecule has 1 amide bonds. The Hall–Kier alpha value is -3.39. The average Bonchev–Trinajstić information content (AvgIpc) is 3.04. The summed E-state index contributed by atoms with van der Waals surface area (Å²) in [6.07, 6.45) is 0.731. The van der Waals surface area contributed by atoms with Crippen LogP contribution in [-0.2, 0) is 24.5 Å². The minimum absolute atomic E-state index is 0.0476. The molecule has 2 aliphatic heterocycles. The Bertz CT molecular complexity index is 1390. The minimum atomic E-state index is -1.69. The van der Waals surface area contributed by atoms with Gasteiger partial charge in [-0.2, -0.15) is 0 Å². The lowest BCUT2D eigenvalue weighted by Gasteiger charge is -2.47. The van der Waals surface area contributed by atoms with Crippen molar-refractivity contribution < 1.29 is 19.1 Å². The third-order valence-electron chi connectivity index (χ3n) is 6.99. The van der Waals surface area contributed by atoms with Gasteiger partial charge in [-0.3, -0.25) is 14.5 Å². The lowest BCUT2D eigenvalue weighted by atomic mass is 9.60. The summed E-state index contributed by atoms with van der Waals surface area (Å²) in [6, 6.07) is 13.0. The quantitative estimate of drug-likeness (QED) is 0.550. The van der Waals surface area contributed by atoms with E-state index in [9.17, 15) is 14.4 Å². The fraction of sp³-hybridized carbons (Fsp3) is 0.296. The van der Waals surface area contributed by atoms with Crippen molar-refractivity contribution in [3.05, 3.63) is 80.7 Å². The van der Waals surface area contributed by atoms with Crippen LogP contribution in [0.3, 0.4) is 0 Å². The van der Waals surface area contributed by atoms with Crippen LogP contribution in [0.1, 0.15) is 37.8 Å². The summed E-state index contributed by atoms with van der Waals surface area (Å²) in [5.74, 6) is -1.34. The molecule has 0 saturated heterocycles. The molecule has 0 saturated carbocycles. The molecule has 2 aromatic carbocycles. The molecule has 1 aliphatic carbocycles. The minimum Gasteiger partial charge on any atom is -0.466 e. The van der Waals surface area contributed by atoms with E-state index in [0.29, 0.717) is 29.1 Å². The van der Waals surface area contributed by atoms with Gasteiger partial charge >= 0.3 is 5.97 Å². The number of benzene rings is 2. The number of rotatable bonds is 2. The zero-order valence-corrected chi connectivity index (χ0v) is 21.6. The number of Topliss-reactive ketones (excluding diaryl/α,β-unsaturated/α-hetero) is 1. The van der Waals surface area contributed by atoms with Crippen molar-refractivity contribution in [1.82, 2.24) is 0 Å². The van der Waals surface area contributed by atoms with Crippen LogP contribution < -0.4 is 16.0 Å². The molecular weight excluding hydrogens is 510 g/mol. The van der Waals surface area contributed by atoms with Crippen LogP contribution in [0.4, 0.5) is 11.4 Å². The summed E-state index contributed by atoms with van der Waals surface area (Å²) < 4.78 is 5.99. The molecule has 35 heavy (non-hydrogen) atoms. The standard InChI is InChI=1S/C27H26BrN3O4/c1-14-8-9-18-17(10-14)27(25(34)30-18)21-19(12-26(2,3)13-20(21)32)31(16-7-5-6-15(28)11-16)23(29)22(27)24(33)35-4/h5-11H,12-13,29H2,1-4H3,(H,30,34). The van der Waals surface area contributed by atoms with Crippen LogP contribution in [-0.4, -0.2) is 24.8 Å². The van der Waals surface area contributed by atoms with E-state index in [-0.39, 0.29) is 34.6 Å². The molecule has 0 bridgehead atoms. The summed E-state index contributed by atoms with van der Waals surface area (Å²) >= 11 is 3.51. The van der Waals surface area contributed by atoms with Crippen LogP contribution >= 0.6 is 15.9 Å². The number of anilines is 2. The van der Waals surface area contributed by atoms with Crippen molar-refractivity contribution in [3.63, 3.8) is 0 Å². The average molecular weight is 536 g/mol. The van der Waals surface area contributed by atoms with Gasteiger partial charge in [0.05, 0.1) is 7.11 Å². The first-order chi connectivity index (χ1) is 16.5. The van der Waals surface area contributed by atoms with Gasteiger partial charge in [-0.25, -0.2) is 4.79 Å². The first-order valence-corrected chi connectivity index (χ1v) is 12.1. The number of hydrogen-bond donors (Lipinski definition) is 2. The fourth-order valence-corrected chi connectivity index (χ4v) is 6.05. The van der Waals surface area contributed by atoms with Crippen LogP contribution in [0.2, 0.25) is 0 Å². The van der Waals surface area contributed by atoms with Crippen LogP contribution in [0.15, 0.2) is 69.6 Å². The number of methoxy groups -OCH3 is 1. The molecule has 8 heteroatoms. The maximum Gasteiger partial charge on any atom is 0.339 e. The summed E-state index contributed by atoms with van der Waals surface area (Å²) in [5.41, 5.74) is 8.26. The van der Waals surface area contributed by atoms with Crippen molar-refractivity contribution in [2.24, 2.45) is 11.1 Å². The SMILES string of the molecule is COC(=O)C1=C(N)N(c2cccc(Br)c2)C2=C(C(=O)CC(C)(C)C2)C12C(=O)Nc1ccc(C)cc12. The van der Waals surface area contributed by atoms with Gasteiger partial charge in [0.25, 0.3) is 0 Å². The Kier molecular flexibility index (Phi) is 5.21. The van der Waals surface area contributed by atoms with Crippen molar-refractivity contribution >= 4 is 45.0 Å². The number of carbonyl (C=O) groups excluding carboxylic acids is 3. The number of aryl methyl sites for hydroxylation is 1. The van der Waals surface area contributed by atoms with E-state index < -0.39 is 17.3 Å². The topological polar surface area (TPSA) is 102 Å². The highest BCUT2D eigenvalue weighted by Crippen LogP contribution is 2.57. The molecular formula is C27H26BrN3O4. The molecule has 0 fully saturated rings. The Morgan fingerprint density at radius 1 is 1.14 bits per heavy atom. The maximum atomic E-state index is 14.0. The van der Waals surface area contributed by atoms with Crippen molar-refractivity contribution in [1.29, 1.82) is 0 Å².